The Kier molecular flexibility index (Phi) is 5.91. The first-order chi connectivity index (χ1) is 13.1. The number of anilines is 2. The first-order valence-corrected chi connectivity index (χ1v) is 9.27. The summed E-state index contributed by atoms with van der Waals surface area (Å²) in [4.78, 5) is 19.1. The summed E-state index contributed by atoms with van der Waals surface area (Å²) in [6.45, 7) is 8.02. The van der Waals surface area contributed by atoms with Gasteiger partial charge in [-0.3, -0.25) is 4.79 Å². The third-order valence-corrected chi connectivity index (χ3v) is 4.51. The van der Waals surface area contributed by atoms with E-state index in [9.17, 15) is 4.79 Å². The van der Waals surface area contributed by atoms with Gasteiger partial charge >= 0.3 is 0 Å². The van der Waals surface area contributed by atoms with E-state index < -0.39 is 0 Å². The zero-order chi connectivity index (χ0) is 19.2. The highest BCUT2D eigenvalue weighted by Gasteiger charge is 2.15. The van der Waals surface area contributed by atoms with E-state index >= 15 is 0 Å². The van der Waals surface area contributed by atoms with Crippen LogP contribution in [0, 0.1) is 6.92 Å². The highest BCUT2D eigenvalue weighted by atomic mass is 16.4. The van der Waals surface area contributed by atoms with Gasteiger partial charge in [0.1, 0.15) is 5.76 Å². The maximum atomic E-state index is 12.4. The van der Waals surface area contributed by atoms with Gasteiger partial charge in [-0.2, -0.15) is 0 Å². The van der Waals surface area contributed by atoms with Gasteiger partial charge in [0.15, 0.2) is 0 Å². The monoisotopic (exact) mass is 363 g/mol. The van der Waals surface area contributed by atoms with Gasteiger partial charge in [0.05, 0.1) is 12.1 Å². The average molecular weight is 363 g/mol. The third-order valence-electron chi connectivity index (χ3n) is 4.51. The Morgan fingerprint density at radius 2 is 1.70 bits per heavy atom. The summed E-state index contributed by atoms with van der Waals surface area (Å²) in [6.07, 6.45) is 0.156. The molecule has 5 nitrogen and oxygen atoms in total. The summed E-state index contributed by atoms with van der Waals surface area (Å²) in [5, 5.41) is 2.92. The van der Waals surface area contributed by atoms with Crippen LogP contribution in [0.15, 0.2) is 59.0 Å². The lowest BCUT2D eigenvalue weighted by atomic mass is 10.2. The number of rotatable bonds is 7. The largest absolute Gasteiger partial charge is 0.440 e. The maximum Gasteiger partial charge on any atom is 0.232 e. The number of aromatic nitrogens is 1. The maximum absolute atomic E-state index is 12.4. The van der Waals surface area contributed by atoms with Crippen LogP contribution in [0.1, 0.15) is 25.3 Å². The van der Waals surface area contributed by atoms with Crippen LogP contribution in [0.2, 0.25) is 0 Å². The van der Waals surface area contributed by atoms with E-state index in [4.69, 9.17) is 4.42 Å². The second kappa shape index (κ2) is 8.54. The molecule has 0 saturated carbocycles. The van der Waals surface area contributed by atoms with Gasteiger partial charge in [-0.15, -0.1) is 0 Å². The van der Waals surface area contributed by atoms with Gasteiger partial charge in [-0.25, -0.2) is 4.98 Å². The fourth-order valence-corrected chi connectivity index (χ4v) is 2.99. The standard InChI is InChI=1S/C22H25N3O2/c1-4-25(5-2)19-13-11-18(12-14-19)24-21(26)15-20-16(3)23-22(27-20)17-9-7-6-8-10-17/h6-14H,4-5,15H2,1-3H3,(H,24,26). The van der Waals surface area contributed by atoms with Crippen molar-refractivity contribution in [2.75, 3.05) is 23.3 Å². The van der Waals surface area contributed by atoms with Crippen LogP contribution in [-0.2, 0) is 11.2 Å². The van der Waals surface area contributed by atoms with E-state index in [0.717, 1.165) is 35.7 Å². The summed E-state index contributed by atoms with van der Waals surface area (Å²) in [7, 11) is 0. The highest BCUT2D eigenvalue weighted by molar-refractivity contribution is 5.92. The predicted molar refractivity (Wildman–Crippen MR) is 109 cm³/mol. The number of hydrogen-bond donors (Lipinski definition) is 1. The van der Waals surface area contributed by atoms with E-state index in [0.29, 0.717) is 11.7 Å². The van der Waals surface area contributed by atoms with E-state index in [1.54, 1.807) is 0 Å². The van der Waals surface area contributed by atoms with Crippen molar-refractivity contribution in [2.45, 2.75) is 27.2 Å². The molecule has 0 radical (unpaired) electrons. The molecule has 3 aromatic rings. The molecule has 1 heterocycles. The Morgan fingerprint density at radius 3 is 2.33 bits per heavy atom. The second-order valence-corrected chi connectivity index (χ2v) is 6.34. The molecule has 0 atom stereocenters. The van der Waals surface area contributed by atoms with Crippen LogP contribution in [0.25, 0.3) is 11.5 Å². The van der Waals surface area contributed by atoms with Crippen molar-refractivity contribution in [3.05, 3.63) is 66.1 Å². The smallest absolute Gasteiger partial charge is 0.232 e. The minimum Gasteiger partial charge on any atom is -0.440 e. The lowest BCUT2D eigenvalue weighted by molar-refractivity contribution is -0.115. The van der Waals surface area contributed by atoms with Gasteiger partial charge < -0.3 is 14.6 Å². The molecule has 1 N–H and O–H groups in total. The van der Waals surface area contributed by atoms with Crippen molar-refractivity contribution in [3.63, 3.8) is 0 Å². The molecule has 0 spiro atoms. The number of aryl methyl sites for hydroxylation is 1. The molecule has 140 valence electrons. The molecular formula is C22H25N3O2. The molecule has 0 saturated heterocycles. The Bertz CT molecular complexity index is 882. The molecule has 0 fully saturated rings. The van der Waals surface area contributed by atoms with Crippen LogP contribution in [-0.4, -0.2) is 24.0 Å². The first-order valence-electron chi connectivity index (χ1n) is 9.27. The summed E-state index contributed by atoms with van der Waals surface area (Å²) in [5.41, 5.74) is 3.56. The molecule has 27 heavy (non-hydrogen) atoms. The summed E-state index contributed by atoms with van der Waals surface area (Å²) in [6, 6.07) is 17.6. The quantitative estimate of drug-likeness (QED) is 0.662. The number of benzene rings is 2. The second-order valence-electron chi connectivity index (χ2n) is 6.34. The van der Waals surface area contributed by atoms with E-state index in [1.807, 2.05) is 61.5 Å². The van der Waals surface area contributed by atoms with Gasteiger partial charge in [0.25, 0.3) is 0 Å². The van der Waals surface area contributed by atoms with Crippen molar-refractivity contribution < 1.29 is 9.21 Å². The van der Waals surface area contributed by atoms with Crippen molar-refractivity contribution in [1.82, 2.24) is 4.98 Å². The number of carbonyl (C=O) groups excluding carboxylic acids is 1. The van der Waals surface area contributed by atoms with Crippen molar-refractivity contribution in [3.8, 4) is 11.5 Å². The van der Waals surface area contributed by atoms with Crippen LogP contribution >= 0.6 is 0 Å². The molecule has 1 amide bonds. The zero-order valence-corrected chi connectivity index (χ0v) is 16.0. The number of nitrogens with zero attached hydrogens (tertiary/aromatic N) is 2. The lowest BCUT2D eigenvalue weighted by Gasteiger charge is -2.21. The fraction of sp³-hybridized carbons (Fsp3) is 0.273. The summed E-state index contributed by atoms with van der Waals surface area (Å²) < 4.78 is 5.81. The first kappa shape index (κ1) is 18.7. The van der Waals surface area contributed by atoms with Crippen LogP contribution in [0.5, 0.6) is 0 Å². The minimum absolute atomic E-state index is 0.121. The number of carbonyl (C=O) groups is 1. The summed E-state index contributed by atoms with van der Waals surface area (Å²) in [5.74, 6) is 1.01. The van der Waals surface area contributed by atoms with E-state index in [2.05, 4.69) is 29.0 Å². The van der Waals surface area contributed by atoms with E-state index in [1.165, 1.54) is 0 Å². The molecule has 0 bridgehead atoms. The Labute approximate surface area is 160 Å². The molecule has 3 rings (SSSR count). The molecule has 5 heteroatoms. The number of amides is 1. The number of oxazole rings is 1. The minimum atomic E-state index is -0.121. The van der Waals surface area contributed by atoms with Gasteiger partial charge in [-0.05, 0) is 57.2 Å². The Balaban J connectivity index is 1.65. The molecule has 2 aromatic carbocycles. The zero-order valence-electron chi connectivity index (χ0n) is 16.0. The normalized spacial score (nSPS) is 10.6. The molecule has 0 aliphatic heterocycles. The average Bonchev–Trinajstić information content (AvgIpc) is 3.05. The predicted octanol–water partition coefficient (Wildman–Crippen LogP) is 4.68. The van der Waals surface area contributed by atoms with Crippen LogP contribution in [0.4, 0.5) is 11.4 Å². The Hall–Kier alpha value is -3.08. The van der Waals surface area contributed by atoms with Gasteiger partial charge in [0.2, 0.25) is 11.8 Å². The summed E-state index contributed by atoms with van der Waals surface area (Å²) >= 11 is 0. The van der Waals surface area contributed by atoms with Gasteiger partial charge in [-0.1, -0.05) is 18.2 Å². The SMILES string of the molecule is CCN(CC)c1ccc(NC(=O)Cc2oc(-c3ccccc3)nc2C)cc1. The molecular weight excluding hydrogens is 338 g/mol. The Morgan fingerprint density at radius 1 is 1.04 bits per heavy atom. The highest BCUT2D eigenvalue weighted by Crippen LogP contribution is 2.22. The third kappa shape index (κ3) is 4.56. The molecule has 1 aromatic heterocycles. The number of hydrogen-bond acceptors (Lipinski definition) is 4. The molecule has 0 aliphatic carbocycles. The fourth-order valence-electron chi connectivity index (χ4n) is 2.99. The molecule has 0 unspecified atom stereocenters. The van der Waals surface area contributed by atoms with Crippen molar-refractivity contribution in [1.29, 1.82) is 0 Å². The van der Waals surface area contributed by atoms with E-state index in [-0.39, 0.29) is 12.3 Å². The lowest BCUT2D eigenvalue weighted by Crippen LogP contribution is -2.21. The van der Waals surface area contributed by atoms with Crippen molar-refractivity contribution >= 4 is 17.3 Å². The number of nitrogens with one attached hydrogen (secondary N) is 1. The topological polar surface area (TPSA) is 58.4 Å². The van der Waals surface area contributed by atoms with Gasteiger partial charge in [0, 0.05) is 30.0 Å². The van der Waals surface area contributed by atoms with Crippen LogP contribution < -0.4 is 10.2 Å². The molecule has 0 aliphatic rings. The van der Waals surface area contributed by atoms with Crippen LogP contribution in [0.3, 0.4) is 0 Å². The van der Waals surface area contributed by atoms with Crippen molar-refractivity contribution in [2.24, 2.45) is 0 Å².